The van der Waals surface area contributed by atoms with Gasteiger partial charge in [-0.15, -0.1) is 18.9 Å². The third-order valence-corrected chi connectivity index (χ3v) is 6.39. The van der Waals surface area contributed by atoms with Crippen molar-refractivity contribution in [2.45, 2.75) is 23.6 Å². The summed E-state index contributed by atoms with van der Waals surface area (Å²) in [5.41, 5.74) is 2.84. The predicted molar refractivity (Wildman–Crippen MR) is 133 cm³/mol. The maximum Gasteiger partial charge on any atom is 0.152 e. The highest BCUT2D eigenvalue weighted by Crippen LogP contribution is 2.44. The number of aliphatic imine (C=N–C) groups is 1. The number of azo groups is 1. The third kappa shape index (κ3) is 5.96. The van der Waals surface area contributed by atoms with E-state index in [0.717, 1.165) is 44.2 Å². The Balaban J connectivity index is 1.62. The fourth-order valence-electron chi connectivity index (χ4n) is 3.40. The molecule has 0 heterocycles. The lowest BCUT2D eigenvalue weighted by Gasteiger charge is -2.10. The number of phenolic OH excluding ortho intramolecular Hbond substituents is 1. The largest absolute Gasteiger partial charge is 0.505 e. The molecule has 4 aromatic rings. The summed E-state index contributed by atoms with van der Waals surface area (Å²) in [5.74, 6) is -0.0865. The molecule has 0 fully saturated rings. The smallest absolute Gasteiger partial charge is 0.152 e. The molecule has 0 saturated heterocycles. The summed E-state index contributed by atoms with van der Waals surface area (Å²) in [6, 6.07) is 16.7. The maximum absolute atomic E-state index is 10.9. The first kappa shape index (κ1) is 25.0. The average molecular weight is 514 g/mol. The van der Waals surface area contributed by atoms with Crippen molar-refractivity contribution in [3.05, 3.63) is 65.7 Å². The molecule has 4 aromatic carbocycles. The summed E-state index contributed by atoms with van der Waals surface area (Å²) >= 11 is 1.55. The lowest BCUT2D eigenvalue weighted by Crippen LogP contribution is -1.86. The van der Waals surface area contributed by atoms with Crippen molar-refractivity contribution in [1.29, 1.82) is 0 Å². The molecule has 0 aliphatic carbocycles. The fraction of sp³-hybridized carbons (Fsp3) is 0.0870. The molecule has 180 valence electrons. The number of nitrogens with zero attached hydrogens (tertiary/aromatic N) is 3. The van der Waals surface area contributed by atoms with Crippen LogP contribution in [0.4, 0.5) is 11.4 Å². The number of hydrogen-bond donors (Lipinski definition) is 3. The zero-order valence-electron chi connectivity index (χ0n) is 18.4. The third-order valence-electron chi connectivity index (χ3n) is 5.19. The normalized spacial score (nSPS) is 12.0. The van der Waals surface area contributed by atoms with Crippen molar-refractivity contribution in [2.75, 3.05) is 0 Å². The Labute approximate surface area is 208 Å². The van der Waals surface area contributed by atoms with Crippen molar-refractivity contribution in [3.8, 4) is 5.75 Å². The van der Waals surface area contributed by atoms with Crippen LogP contribution in [-0.2, 0) is 18.7 Å². The van der Waals surface area contributed by atoms with E-state index in [9.17, 15) is 5.11 Å². The Bertz CT molecular complexity index is 1430. The quantitative estimate of drug-likeness (QED) is 0.0516. The van der Waals surface area contributed by atoms with E-state index in [2.05, 4.69) is 34.0 Å². The second-order valence-corrected chi connectivity index (χ2v) is 8.85. The number of aromatic hydroxyl groups is 1. The van der Waals surface area contributed by atoms with Crippen LogP contribution in [0.5, 0.6) is 5.75 Å². The molecule has 12 heteroatoms. The van der Waals surface area contributed by atoms with E-state index in [4.69, 9.17) is 10.5 Å². The second kappa shape index (κ2) is 11.6. The minimum atomic E-state index is -0.0865. The van der Waals surface area contributed by atoms with Crippen LogP contribution in [0, 0.1) is 13.8 Å². The van der Waals surface area contributed by atoms with Gasteiger partial charge in [0.1, 0.15) is 12.0 Å². The molecule has 10 nitrogen and oxygen atoms in total. The Hall–Kier alpha value is -3.07. The van der Waals surface area contributed by atoms with Crippen molar-refractivity contribution >= 4 is 63.3 Å². The number of benzene rings is 4. The van der Waals surface area contributed by atoms with Crippen LogP contribution >= 0.6 is 24.1 Å². The zero-order valence-corrected chi connectivity index (χ0v) is 20.0. The molecule has 0 bridgehead atoms. The molecule has 0 radical (unpaired) electrons. The first-order valence-electron chi connectivity index (χ1n) is 10.0. The highest BCUT2D eigenvalue weighted by Gasteiger charge is 2.15. The van der Waals surface area contributed by atoms with Crippen LogP contribution in [0.25, 0.3) is 21.5 Å². The lowest BCUT2D eigenvalue weighted by molar-refractivity contribution is -0.432. The molecule has 0 aromatic heterocycles. The molecule has 0 atom stereocenters. The number of hydrogen-bond acceptors (Lipinski definition) is 11. The molecule has 0 aliphatic heterocycles. The lowest BCUT2D eigenvalue weighted by atomic mass is 10.0. The van der Waals surface area contributed by atoms with Crippen LogP contribution in [0.1, 0.15) is 11.1 Å². The van der Waals surface area contributed by atoms with Crippen LogP contribution in [0.2, 0.25) is 0 Å². The van der Waals surface area contributed by atoms with Gasteiger partial charge in [-0.05, 0) is 77.5 Å². The summed E-state index contributed by atoms with van der Waals surface area (Å²) in [6.45, 7) is 3.92. The zero-order chi connectivity index (χ0) is 24.8. The average Bonchev–Trinajstić information content (AvgIpc) is 2.86. The summed E-state index contributed by atoms with van der Waals surface area (Å²) in [5, 5.41) is 46.4. The van der Waals surface area contributed by atoms with Crippen molar-refractivity contribution in [3.63, 3.8) is 0 Å². The van der Waals surface area contributed by atoms with E-state index < -0.39 is 0 Å². The van der Waals surface area contributed by atoms with Gasteiger partial charge < -0.3 is 5.11 Å². The molecule has 0 spiro atoms. The SMILES string of the molecule is Cc1cc2cc(SOOO)c(N=NC=Nc3ccc4ccc(SOOO)cc4c3)c(O)c2cc1C. The van der Waals surface area contributed by atoms with E-state index in [0.29, 0.717) is 28.0 Å². The predicted octanol–water partition coefficient (Wildman–Crippen LogP) is 7.62. The number of rotatable bonds is 9. The number of fused-ring (bicyclic) bond motifs is 2. The monoisotopic (exact) mass is 513 g/mol. The molecular formula is C23H19N3O7S2. The van der Waals surface area contributed by atoms with Gasteiger partial charge in [-0.1, -0.05) is 28.3 Å². The van der Waals surface area contributed by atoms with E-state index >= 15 is 0 Å². The van der Waals surface area contributed by atoms with E-state index in [1.807, 2.05) is 62.4 Å². The summed E-state index contributed by atoms with van der Waals surface area (Å²) in [6.07, 6.45) is 1.25. The standard InChI is InChI=1S/C23H19N3O7S2/c1-13-7-17-11-21(35-33-31-29)22(23(27)20(17)8-14(13)2)26-25-12-24-18-5-3-15-4-6-19(34-32-30-28)10-16(15)9-18/h3-12,27-29H,1-2H3. The molecule has 0 saturated carbocycles. The van der Waals surface area contributed by atoms with E-state index in [1.54, 1.807) is 6.07 Å². The van der Waals surface area contributed by atoms with Crippen molar-refractivity contribution in [1.82, 2.24) is 0 Å². The van der Waals surface area contributed by atoms with Gasteiger partial charge in [0.2, 0.25) is 0 Å². The molecule has 4 rings (SSSR count). The molecular weight excluding hydrogens is 494 g/mol. The molecule has 0 amide bonds. The summed E-state index contributed by atoms with van der Waals surface area (Å²) in [4.78, 5) is 5.41. The van der Waals surface area contributed by atoms with Gasteiger partial charge in [0.15, 0.2) is 5.75 Å². The first-order valence-corrected chi connectivity index (χ1v) is 11.5. The number of aryl methyl sites for hydroxylation is 2. The Kier molecular flexibility index (Phi) is 8.28. The Morgan fingerprint density at radius 3 is 2.34 bits per heavy atom. The molecule has 0 aliphatic rings. The highest BCUT2D eigenvalue weighted by molar-refractivity contribution is 7.94. The van der Waals surface area contributed by atoms with Crippen LogP contribution in [0.15, 0.2) is 79.6 Å². The first-order chi connectivity index (χ1) is 17.0. The van der Waals surface area contributed by atoms with Crippen molar-refractivity contribution < 1.29 is 34.4 Å². The topological polar surface area (TPSA) is 135 Å². The van der Waals surface area contributed by atoms with Crippen LogP contribution in [0.3, 0.4) is 0 Å². The van der Waals surface area contributed by atoms with Gasteiger partial charge >= 0.3 is 0 Å². The maximum atomic E-state index is 10.9. The second-order valence-electron chi connectivity index (χ2n) is 7.33. The summed E-state index contributed by atoms with van der Waals surface area (Å²) in [7, 11) is 0. The van der Waals surface area contributed by atoms with Gasteiger partial charge in [0.05, 0.1) is 34.7 Å². The van der Waals surface area contributed by atoms with Gasteiger partial charge in [0, 0.05) is 10.3 Å². The fourth-order valence-corrected chi connectivity index (χ4v) is 4.31. The molecule has 35 heavy (non-hydrogen) atoms. The molecule has 3 N–H and O–H groups in total. The van der Waals surface area contributed by atoms with E-state index in [-0.39, 0.29) is 11.4 Å². The molecule has 0 unspecified atom stereocenters. The van der Waals surface area contributed by atoms with Crippen LogP contribution in [-0.4, -0.2) is 22.0 Å². The van der Waals surface area contributed by atoms with Gasteiger partial charge in [-0.2, -0.15) is 0 Å². The highest BCUT2D eigenvalue weighted by atomic mass is 32.2. The Morgan fingerprint density at radius 1 is 0.800 bits per heavy atom. The van der Waals surface area contributed by atoms with Crippen molar-refractivity contribution in [2.24, 2.45) is 15.2 Å². The van der Waals surface area contributed by atoms with Gasteiger partial charge in [-0.25, -0.2) is 15.5 Å². The van der Waals surface area contributed by atoms with E-state index in [1.165, 1.54) is 6.34 Å². The minimum absolute atomic E-state index is 0.0865. The minimum Gasteiger partial charge on any atom is -0.505 e. The Morgan fingerprint density at radius 2 is 1.54 bits per heavy atom. The van der Waals surface area contributed by atoms with Gasteiger partial charge in [0.25, 0.3) is 0 Å². The van der Waals surface area contributed by atoms with Gasteiger partial charge in [-0.3, -0.25) is 0 Å². The summed E-state index contributed by atoms with van der Waals surface area (Å²) < 4.78 is 9.03. The van der Waals surface area contributed by atoms with Crippen LogP contribution < -0.4 is 0 Å². The number of phenols is 1.